The van der Waals surface area contributed by atoms with Crippen LogP contribution in [0.25, 0.3) is 27.5 Å². The van der Waals surface area contributed by atoms with Crippen molar-refractivity contribution in [3.63, 3.8) is 0 Å². The van der Waals surface area contributed by atoms with Crippen molar-refractivity contribution in [1.29, 1.82) is 0 Å². The van der Waals surface area contributed by atoms with Gasteiger partial charge in [-0.3, -0.25) is 4.40 Å². The van der Waals surface area contributed by atoms with Gasteiger partial charge in [0, 0.05) is 21.4 Å². The van der Waals surface area contributed by atoms with Gasteiger partial charge in [0.15, 0.2) is 0 Å². The number of benzene rings is 2. The van der Waals surface area contributed by atoms with Crippen molar-refractivity contribution >= 4 is 56.7 Å². The van der Waals surface area contributed by atoms with Crippen molar-refractivity contribution in [3.05, 3.63) is 53.1 Å². The van der Waals surface area contributed by atoms with E-state index in [4.69, 9.17) is 4.98 Å². The molecule has 0 aliphatic heterocycles. The number of aromatic nitrogens is 2. The van der Waals surface area contributed by atoms with E-state index in [-0.39, 0.29) is 0 Å². The first kappa shape index (κ1) is 11.1. The van der Waals surface area contributed by atoms with Crippen LogP contribution in [0.1, 0.15) is 0 Å². The zero-order valence-electron chi connectivity index (χ0n) is 10.4. The molecule has 19 heavy (non-hydrogen) atoms. The van der Waals surface area contributed by atoms with Crippen molar-refractivity contribution in [3.8, 4) is 0 Å². The third kappa shape index (κ3) is 1.53. The normalized spacial score (nSPS) is 11.6. The molecule has 0 saturated carbocycles. The van der Waals surface area contributed by atoms with Crippen LogP contribution >= 0.6 is 15.9 Å². The van der Waals surface area contributed by atoms with Crippen LogP contribution < -0.4 is 5.46 Å². The fraction of sp³-hybridized carbons (Fsp3) is 0. The Bertz CT molecular complexity index is 943. The fourth-order valence-electron chi connectivity index (χ4n) is 2.59. The zero-order chi connectivity index (χ0) is 13.0. The van der Waals surface area contributed by atoms with Crippen molar-refractivity contribution in [2.24, 2.45) is 0 Å². The molecule has 90 valence electrons. The minimum atomic E-state index is 1.01. The second kappa shape index (κ2) is 3.84. The number of pyridine rings is 1. The lowest BCUT2D eigenvalue weighted by Crippen LogP contribution is -2.00. The molecule has 0 atom stereocenters. The van der Waals surface area contributed by atoms with Crippen LogP contribution in [0.4, 0.5) is 0 Å². The van der Waals surface area contributed by atoms with Gasteiger partial charge in [0.2, 0.25) is 0 Å². The molecular weight excluding hydrogens is 299 g/mol. The molecular formula is C15H10BBrN2. The van der Waals surface area contributed by atoms with Crippen LogP contribution in [0.15, 0.2) is 53.1 Å². The maximum Gasteiger partial charge on any atom is 0.145 e. The Morgan fingerprint density at radius 2 is 1.84 bits per heavy atom. The number of rotatable bonds is 0. The summed E-state index contributed by atoms with van der Waals surface area (Å²) in [5, 5.41) is 2.37. The highest BCUT2D eigenvalue weighted by Crippen LogP contribution is 2.29. The predicted molar refractivity (Wildman–Crippen MR) is 86.1 cm³/mol. The summed E-state index contributed by atoms with van der Waals surface area (Å²) < 4.78 is 3.26. The van der Waals surface area contributed by atoms with Gasteiger partial charge in [-0.25, -0.2) is 4.98 Å². The molecule has 0 radical (unpaired) electrons. The number of halogens is 1. The predicted octanol–water partition coefficient (Wildman–Crippen LogP) is 2.66. The monoisotopic (exact) mass is 308 g/mol. The minimum absolute atomic E-state index is 1.01. The molecule has 2 nitrogen and oxygen atoms in total. The van der Waals surface area contributed by atoms with E-state index in [1.165, 1.54) is 16.2 Å². The van der Waals surface area contributed by atoms with Crippen molar-refractivity contribution < 1.29 is 0 Å². The quantitative estimate of drug-likeness (QED) is 0.457. The lowest BCUT2D eigenvalue weighted by atomic mass is 9.96. The summed E-state index contributed by atoms with van der Waals surface area (Å²) in [5.74, 6) is 0. The molecule has 0 bridgehead atoms. The molecule has 0 saturated heterocycles. The minimum Gasteiger partial charge on any atom is -0.298 e. The number of imidazole rings is 1. The molecule has 4 rings (SSSR count). The molecule has 0 aliphatic carbocycles. The summed E-state index contributed by atoms with van der Waals surface area (Å²) in [6.45, 7) is 0. The molecule has 2 aromatic heterocycles. The Kier molecular flexibility index (Phi) is 2.24. The van der Waals surface area contributed by atoms with Gasteiger partial charge in [0.1, 0.15) is 13.5 Å². The summed E-state index contributed by atoms with van der Waals surface area (Å²) in [5.41, 5.74) is 4.45. The van der Waals surface area contributed by atoms with Gasteiger partial charge in [-0.2, -0.15) is 0 Å². The number of hydrogen-bond acceptors (Lipinski definition) is 1. The number of hydrogen-bond donors (Lipinski definition) is 0. The molecule has 0 fully saturated rings. The summed E-state index contributed by atoms with van der Waals surface area (Å²) in [7, 11) is 2.11. The topological polar surface area (TPSA) is 17.3 Å². The SMILES string of the molecule is Bc1ccc2nc3c4ccccc4c(Br)cn3c2c1. The van der Waals surface area contributed by atoms with Gasteiger partial charge < -0.3 is 0 Å². The lowest BCUT2D eigenvalue weighted by Gasteiger charge is -2.04. The average molecular weight is 309 g/mol. The highest BCUT2D eigenvalue weighted by atomic mass is 79.9. The van der Waals surface area contributed by atoms with E-state index in [0.29, 0.717) is 0 Å². The fourth-order valence-corrected chi connectivity index (χ4v) is 3.14. The Morgan fingerprint density at radius 3 is 2.68 bits per heavy atom. The highest BCUT2D eigenvalue weighted by Gasteiger charge is 2.10. The maximum absolute atomic E-state index is 4.77. The van der Waals surface area contributed by atoms with Crippen LogP contribution in [0.2, 0.25) is 0 Å². The standard InChI is InChI=1S/C15H10BBrN2/c16-9-5-6-13-14(7-9)19-8-12(17)10-3-1-2-4-11(10)15(19)18-13/h1-8H,16H2. The van der Waals surface area contributed by atoms with E-state index < -0.39 is 0 Å². The Labute approximate surface area is 119 Å². The van der Waals surface area contributed by atoms with Gasteiger partial charge in [-0.05, 0) is 28.1 Å². The first-order valence-electron chi connectivity index (χ1n) is 6.20. The molecule has 0 aliphatic rings. The molecule has 2 heterocycles. The second-order valence-corrected chi connectivity index (χ2v) is 5.67. The molecule has 4 aromatic rings. The first-order valence-corrected chi connectivity index (χ1v) is 6.99. The van der Waals surface area contributed by atoms with E-state index in [0.717, 1.165) is 21.2 Å². The van der Waals surface area contributed by atoms with E-state index in [1.54, 1.807) is 0 Å². The summed E-state index contributed by atoms with van der Waals surface area (Å²) >= 11 is 3.66. The van der Waals surface area contributed by atoms with Crippen LogP contribution in [0.5, 0.6) is 0 Å². The Balaban J connectivity index is 2.32. The molecule has 0 N–H and O–H groups in total. The molecule has 2 aromatic carbocycles. The van der Waals surface area contributed by atoms with Gasteiger partial charge in [0.25, 0.3) is 0 Å². The van der Waals surface area contributed by atoms with Crippen LogP contribution in [0, 0.1) is 0 Å². The van der Waals surface area contributed by atoms with E-state index in [2.05, 4.69) is 76.8 Å². The van der Waals surface area contributed by atoms with E-state index >= 15 is 0 Å². The van der Waals surface area contributed by atoms with Crippen molar-refractivity contribution in [2.45, 2.75) is 0 Å². The molecule has 0 spiro atoms. The zero-order valence-corrected chi connectivity index (χ0v) is 12.0. The highest BCUT2D eigenvalue weighted by molar-refractivity contribution is 9.10. The van der Waals surface area contributed by atoms with Gasteiger partial charge in [-0.1, -0.05) is 35.8 Å². The van der Waals surface area contributed by atoms with Crippen molar-refractivity contribution in [1.82, 2.24) is 9.38 Å². The molecule has 4 heteroatoms. The lowest BCUT2D eigenvalue weighted by molar-refractivity contribution is 1.24. The third-order valence-electron chi connectivity index (χ3n) is 3.51. The number of fused-ring (bicyclic) bond motifs is 5. The van der Waals surface area contributed by atoms with Gasteiger partial charge in [-0.15, -0.1) is 0 Å². The summed E-state index contributed by atoms with van der Waals surface area (Å²) in [6, 6.07) is 14.7. The Morgan fingerprint density at radius 1 is 1.05 bits per heavy atom. The maximum atomic E-state index is 4.77. The summed E-state index contributed by atoms with van der Waals surface area (Å²) in [4.78, 5) is 4.77. The average Bonchev–Trinajstić information content (AvgIpc) is 2.78. The Hall–Kier alpha value is -1.81. The molecule has 0 amide bonds. The summed E-state index contributed by atoms with van der Waals surface area (Å²) in [6.07, 6.45) is 2.10. The van der Waals surface area contributed by atoms with Crippen LogP contribution in [-0.4, -0.2) is 17.2 Å². The van der Waals surface area contributed by atoms with E-state index in [1.807, 2.05) is 0 Å². The van der Waals surface area contributed by atoms with Crippen LogP contribution in [0.3, 0.4) is 0 Å². The van der Waals surface area contributed by atoms with Crippen molar-refractivity contribution in [2.75, 3.05) is 0 Å². The smallest absolute Gasteiger partial charge is 0.145 e. The van der Waals surface area contributed by atoms with Gasteiger partial charge >= 0.3 is 0 Å². The van der Waals surface area contributed by atoms with E-state index in [9.17, 15) is 0 Å². The second-order valence-electron chi connectivity index (χ2n) is 4.82. The van der Waals surface area contributed by atoms with Crippen LogP contribution in [-0.2, 0) is 0 Å². The number of nitrogens with zero attached hydrogens (tertiary/aromatic N) is 2. The largest absolute Gasteiger partial charge is 0.298 e. The van der Waals surface area contributed by atoms with Gasteiger partial charge in [0.05, 0.1) is 11.0 Å². The first-order chi connectivity index (χ1) is 9.24. The molecule has 0 unspecified atom stereocenters. The third-order valence-corrected chi connectivity index (χ3v) is 4.14.